The SMILES string of the molecule is CC(C)(CCCOc1cc(Cl)cc(Cl)c1)C(=N)N. The molecule has 0 saturated heterocycles. The number of ether oxygens (including phenoxy) is 1. The minimum Gasteiger partial charge on any atom is -0.493 e. The summed E-state index contributed by atoms with van der Waals surface area (Å²) < 4.78 is 5.56. The maximum absolute atomic E-state index is 7.46. The molecule has 0 bridgehead atoms. The second-order valence-electron chi connectivity index (χ2n) is 4.85. The highest BCUT2D eigenvalue weighted by Crippen LogP contribution is 2.25. The van der Waals surface area contributed by atoms with E-state index in [1.54, 1.807) is 18.2 Å². The maximum atomic E-state index is 7.46. The number of rotatable bonds is 6. The maximum Gasteiger partial charge on any atom is 0.122 e. The van der Waals surface area contributed by atoms with Gasteiger partial charge in [0.2, 0.25) is 0 Å². The standard InChI is InChI=1S/C13H18Cl2N2O/c1-13(2,12(16)17)4-3-5-18-11-7-9(14)6-10(15)8-11/h6-8H,3-5H2,1-2H3,(H3,16,17). The van der Waals surface area contributed by atoms with E-state index in [4.69, 9.17) is 39.1 Å². The van der Waals surface area contributed by atoms with Gasteiger partial charge in [-0.05, 0) is 31.0 Å². The van der Waals surface area contributed by atoms with E-state index in [-0.39, 0.29) is 11.3 Å². The van der Waals surface area contributed by atoms with Crippen LogP contribution in [0.3, 0.4) is 0 Å². The Bertz CT molecular complexity index is 413. The molecule has 0 aliphatic carbocycles. The molecule has 0 aliphatic rings. The predicted molar refractivity (Wildman–Crippen MR) is 76.9 cm³/mol. The molecule has 0 amide bonds. The largest absolute Gasteiger partial charge is 0.493 e. The van der Waals surface area contributed by atoms with E-state index in [9.17, 15) is 0 Å². The third-order valence-corrected chi connectivity index (χ3v) is 3.22. The first-order valence-electron chi connectivity index (χ1n) is 5.75. The van der Waals surface area contributed by atoms with E-state index < -0.39 is 0 Å². The van der Waals surface area contributed by atoms with E-state index in [1.165, 1.54) is 0 Å². The van der Waals surface area contributed by atoms with Crippen LogP contribution in [0.5, 0.6) is 5.75 Å². The molecule has 0 unspecified atom stereocenters. The molecule has 1 rings (SSSR count). The Hall–Kier alpha value is -0.930. The highest BCUT2D eigenvalue weighted by molar-refractivity contribution is 6.34. The zero-order chi connectivity index (χ0) is 13.8. The molecule has 3 N–H and O–H groups in total. The minimum absolute atomic E-state index is 0.202. The van der Waals surface area contributed by atoms with Crippen molar-refractivity contribution in [3.05, 3.63) is 28.2 Å². The molecule has 0 fully saturated rings. The van der Waals surface area contributed by atoms with Gasteiger partial charge in [0, 0.05) is 15.5 Å². The number of amidine groups is 1. The molecule has 100 valence electrons. The van der Waals surface area contributed by atoms with Crippen LogP contribution in [0.4, 0.5) is 0 Å². The summed E-state index contributed by atoms with van der Waals surface area (Å²) >= 11 is 11.7. The van der Waals surface area contributed by atoms with Crippen LogP contribution in [0.2, 0.25) is 10.0 Å². The molecule has 5 heteroatoms. The van der Waals surface area contributed by atoms with Crippen molar-refractivity contribution in [2.75, 3.05) is 6.61 Å². The molecular formula is C13H18Cl2N2O. The number of hydrogen-bond donors (Lipinski definition) is 2. The average Bonchev–Trinajstić information content (AvgIpc) is 2.23. The van der Waals surface area contributed by atoms with Gasteiger partial charge >= 0.3 is 0 Å². The van der Waals surface area contributed by atoms with Gasteiger partial charge in [-0.2, -0.15) is 0 Å². The monoisotopic (exact) mass is 288 g/mol. The summed E-state index contributed by atoms with van der Waals surface area (Å²) in [4.78, 5) is 0. The van der Waals surface area contributed by atoms with E-state index in [0.717, 1.165) is 12.8 Å². The van der Waals surface area contributed by atoms with Gasteiger partial charge in [-0.1, -0.05) is 37.0 Å². The zero-order valence-corrected chi connectivity index (χ0v) is 12.1. The van der Waals surface area contributed by atoms with Crippen LogP contribution < -0.4 is 10.5 Å². The highest BCUT2D eigenvalue weighted by Gasteiger charge is 2.20. The summed E-state index contributed by atoms with van der Waals surface area (Å²) in [6, 6.07) is 5.11. The lowest BCUT2D eigenvalue weighted by molar-refractivity contribution is 0.287. The molecule has 0 radical (unpaired) electrons. The molecule has 0 atom stereocenters. The Morgan fingerprint density at radius 2 is 1.83 bits per heavy atom. The Morgan fingerprint density at radius 3 is 2.33 bits per heavy atom. The summed E-state index contributed by atoms with van der Waals surface area (Å²) in [7, 11) is 0. The summed E-state index contributed by atoms with van der Waals surface area (Å²) in [5, 5.41) is 8.57. The number of halogens is 2. The quantitative estimate of drug-likeness (QED) is 0.470. The Kier molecular flexibility index (Phi) is 5.29. The van der Waals surface area contributed by atoms with Crippen molar-refractivity contribution in [2.24, 2.45) is 11.1 Å². The van der Waals surface area contributed by atoms with Gasteiger partial charge in [-0.3, -0.25) is 5.41 Å². The Balaban J connectivity index is 2.40. The van der Waals surface area contributed by atoms with E-state index in [0.29, 0.717) is 22.4 Å². The molecule has 0 saturated carbocycles. The van der Waals surface area contributed by atoms with Crippen molar-refractivity contribution in [3.63, 3.8) is 0 Å². The average molecular weight is 289 g/mol. The molecular weight excluding hydrogens is 271 g/mol. The van der Waals surface area contributed by atoms with Crippen molar-refractivity contribution < 1.29 is 4.74 Å². The van der Waals surface area contributed by atoms with E-state index in [1.807, 2.05) is 13.8 Å². The lowest BCUT2D eigenvalue weighted by Crippen LogP contribution is -2.31. The molecule has 1 aromatic carbocycles. The van der Waals surface area contributed by atoms with Crippen molar-refractivity contribution in [1.82, 2.24) is 0 Å². The number of nitrogens with one attached hydrogen (secondary N) is 1. The normalized spacial score (nSPS) is 11.3. The Morgan fingerprint density at radius 1 is 1.28 bits per heavy atom. The lowest BCUT2D eigenvalue weighted by Gasteiger charge is -2.22. The highest BCUT2D eigenvalue weighted by atomic mass is 35.5. The molecule has 18 heavy (non-hydrogen) atoms. The van der Waals surface area contributed by atoms with Gasteiger partial charge in [0.1, 0.15) is 5.75 Å². The number of hydrogen-bond acceptors (Lipinski definition) is 2. The van der Waals surface area contributed by atoms with Gasteiger partial charge in [-0.15, -0.1) is 0 Å². The van der Waals surface area contributed by atoms with Crippen molar-refractivity contribution in [1.29, 1.82) is 5.41 Å². The second kappa shape index (κ2) is 6.30. The smallest absolute Gasteiger partial charge is 0.122 e. The first-order chi connectivity index (χ1) is 8.31. The minimum atomic E-state index is -0.282. The fraction of sp³-hybridized carbons (Fsp3) is 0.462. The summed E-state index contributed by atoms with van der Waals surface area (Å²) in [5.74, 6) is 0.862. The van der Waals surface area contributed by atoms with Crippen molar-refractivity contribution in [3.8, 4) is 5.75 Å². The van der Waals surface area contributed by atoms with Crippen LogP contribution in [0.25, 0.3) is 0 Å². The number of benzene rings is 1. The van der Waals surface area contributed by atoms with Gasteiger partial charge in [0.05, 0.1) is 12.4 Å². The molecule has 3 nitrogen and oxygen atoms in total. The van der Waals surface area contributed by atoms with Crippen molar-refractivity contribution >= 4 is 29.0 Å². The summed E-state index contributed by atoms with van der Waals surface area (Å²) in [6.07, 6.45) is 1.62. The van der Waals surface area contributed by atoms with Gasteiger partial charge < -0.3 is 10.5 Å². The van der Waals surface area contributed by atoms with Gasteiger partial charge in [0.25, 0.3) is 0 Å². The van der Waals surface area contributed by atoms with E-state index in [2.05, 4.69) is 0 Å². The third kappa shape index (κ3) is 4.75. The van der Waals surface area contributed by atoms with E-state index >= 15 is 0 Å². The van der Waals surface area contributed by atoms with Crippen LogP contribution in [0.1, 0.15) is 26.7 Å². The van der Waals surface area contributed by atoms with Crippen LogP contribution in [-0.4, -0.2) is 12.4 Å². The Labute approximate surface area is 118 Å². The molecule has 1 aromatic rings. The van der Waals surface area contributed by atoms with Crippen LogP contribution >= 0.6 is 23.2 Å². The van der Waals surface area contributed by atoms with Gasteiger partial charge in [-0.25, -0.2) is 0 Å². The zero-order valence-electron chi connectivity index (χ0n) is 10.6. The summed E-state index contributed by atoms with van der Waals surface area (Å²) in [5.41, 5.74) is 5.23. The fourth-order valence-electron chi connectivity index (χ4n) is 1.45. The molecule has 0 aliphatic heterocycles. The first kappa shape index (κ1) is 15.1. The number of nitrogens with two attached hydrogens (primary N) is 1. The van der Waals surface area contributed by atoms with Crippen molar-refractivity contribution in [2.45, 2.75) is 26.7 Å². The first-order valence-corrected chi connectivity index (χ1v) is 6.50. The van der Waals surface area contributed by atoms with Gasteiger partial charge in [0.15, 0.2) is 0 Å². The molecule has 0 aromatic heterocycles. The molecule has 0 heterocycles. The predicted octanol–water partition coefficient (Wildman–Crippen LogP) is 4.11. The second-order valence-corrected chi connectivity index (χ2v) is 5.73. The fourth-order valence-corrected chi connectivity index (χ4v) is 1.96. The van der Waals surface area contributed by atoms with Crippen LogP contribution in [-0.2, 0) is 0 Å². The van der Waals surface area contributed by atoms with Crippen LogP contribution in [0.15, 0.2) is 18.2 Å². The summed E-state index contributed by atoms with van der Waals surface area (Å²) in [6.45, 7) is 4.45. The topological polar surface area (TPSA) is 59.1 Å². The molecule has 0 spiro atoms. The third-order valence-electron chi connectivity index (χ3n) is 2.78. The van der Waals surface area contributed by atoms with Crippen LogP contribution in [0, 0.1) is 10.8 Å². The lowest BCUT2D eigenvalue weighted by atomic mass is 9.87.